The van der Waals surface area contributed by atoms with Gasteiger partial charge in [-0.1, -0.05) is 52.9 Å². The zero-order valence-corrected chi connectivity index (χ0v) is 12.8. The van der Waals surface area contributed by atoms with Gasteiger partial charge in [-0.05, 0) is 36.6 Å². The molecule has 3 N–H and O–H groups in total. The highest BCUT2D eigenvalue weighted by Crippen LogP contribution is 2.30. The molecule has 0 saturated heterocycles. The van der Waals surface area contributed by atoms with E-state index in [9.17, 15) is 0 Å². The van der Waals surface area contributed by atoms with Gasteiger partial charge in [0.15, 0.2) is 0 Å². The minimum absolute atomic E-state index is 0.158. The van der Waals surface area contributed by atoms with E-state index in [4.69, 9.17) is 17.3 Å². The second kappa shape index (κ2) is 6.90. The van der Waals surface area contributed by atoms with Crippen LogP contribution in [0, 0.1) is 5.92 Å². The van der Waals surface area contributed by atoms with E-state index < -0.39 is 0 Å². The van der Waals surface area contributed by atoms with Gasteiger partial charge in [-0.25, -0.2) is 0 Å². The summed E-state index contributed by atoms with van der Waals surface area (Å²) in [6.07, 6.45) is 5.45. The molecule has 1 aromatic rings. The maximum absolute atomic E-state index is 6.26. The monoisotopic (exact) mass is 330 g/mol. The van der Waals surface area contributed by atoms with E-state index in [2.05, 4.69) is 21.2 Å². The van der Waals surface area contributed by atoms with Gasteiger partial charge < -0.3 is 11.1 Å². The predicted molar refractivity (Wildman–Crippen MR) is 80.9 cm³/mol. The number of benzene rings is 1. The lowest BCUT2D eigenvalue weighted by molar-refractivity contribution is 0.288. The smallest absolute Gasteiger partial charge is 0.0465 e. The van der Waals surface area contributed by atoms with E-state index in [1.165, 1.54) is 25.7 Å². The van der Waals surface area contributed by atoms with Crippen LogP contribution in [0.2, 0.25) is 5.02 Å². The highest BCUT2D eigenvalue weighted by Gasteiger charge is 2.18. The number of nitrogens with one attached hydrogen (secondary N) is 1. The molecule has 0 aliphatic heterocycles. The van der Waals surface area contributed by atoms with E-state index in [0.29, 0.717) is 6.54 Å². The molecule has 0 spiro atoms. The van der Waals surface area contributed by atoms with E-state index in [-0.39, 0.29) is 6.04 Å². The Bertz CT molecular complexity index is 393. The maximum Gasteiger partial charge on any atom is 0.0465 e. The van der Waals surface area contributed by atoms with Crippen LogP contribution in [0.1, 0.15) is 37.3 Å². The summed E-state index contributed by atoms with van der Waals surface area (Å²) in [4.78, 5) is 0. The van der Waals surface area contributed by atoms with Crippen molar-refractivity contribution in [1.29, 1.82) is 0 Å². The molecule has 1 unspecified atom stereocenters. The zero-order chi connectivity index (χ0) is 13.0. The average Bonchev–Trinajstić information content (AvgIpc) is 2.28. The Balaban J connectivity index is 1.89. The Morgan fingerprint density at radius 1 is 1.44 bits per heavy atom. The van der Waals surface area contributed by atoms with Crippen LogP contribution in [0.25, 0.3) is 0 Å². The SMILES string of the molecule is NCC(NCCC1CCC1)c1ccc(Br)cc1Cl. The average molecular weight is 332 g/mol. The third kappa shape index (κ3) is 3.70. The Morgan fingerprint density at radius 3 is 2.78 bits per heavy atom. The van der Waals surface area contributed by atoms with Crippen molar-refractivity contribution in [3.05, 3.63) is 33.3 Å². The third-order valence-corrected chi connectivity index (χ3v) is 4.56. The molecule has 1 aliphatic carbocycles. The molecule has 0 amide bonds. The van der Waals surface area contributed by atoms with Crippen LogP contribution in [0.4, 0.5) is 0 Å². The summed E-state index contributed by atoms with van der Waals surface area (Å²) in [6, 6.07) is 6.14. The van der Waals surface area contributed by atoms with Crippen LogP contribution in [-0.2, 0) is 0 Å². The first-order valence-electron chi connectivity index (χ1n) is 6.59. The van der Waals surface area contributed by atoms with Gasteiger partial charge >= 0.3 is 0 Å². The molecule has 2 nitrogen and oxygen atoms in total. The van der Waals surface area contributed by atoms with Gasteiger partial charge in [0.25, 0.3) is 0 Å². The molecular formula is C14H20BrClN2. The lowest BCUT2D eigenvalue weighted by Crippen LogP contribution is -2.30. The lowest BCUT2D eigenvalue weighted by Gasteiger charge is -2.26. The van der Waals surface area contributed by atoms with E-state index in [0.717, 1.165) is 27.5 Å². The van der Waals surface area contributed by atoms with Gasteiger partial charge in [0, 0.05) is 22.1 Å². The molecule has 100 valence electrons. The standard InChI is InChI=1S/C14H20BrClN2/c15-11-4-5-12(13(16)8-11)14(9-17)18-7-6-10-2-1-3-10/h4-5,8,10,14,18H,1-3,6-7,9,17H2. The van der Waals surface area contributed by atoms with Gasteiger partial charge in [-0.15, -0.1) is 0 Å². The first-order valence-corrected chi connectivity index (χ1v) is 7.76. The highest BCUT2D eigenvalue weighted by atomic mass is 79.9. The maximum atomic E-state index is 6.26. The van der Waals surface area contributed by atoms with E-state index in [1.807, 2.05) is 18.2 Å². The minimum atomic E-state index is 0.158. The fraction of sp³-hybridized carbons (Fsp3) is 0.571. The summed E-state index contributed by atoms with van der Waals surface area (Å²) >= 11 is 9.68. The van der Waals surface area contributed by atoms with Crippen LogP contribution in [0.15, 0.2) is 22.7 Å². The van der Waals surface area contributed by atoms with Crippen LogP contribution >= 0.6 is 27.5 Å². The third-order valence-electron chi connectivity index (χ3n) is 3.74. The molecule has 2 rings (SSSR count). The molecular weight excluding hydrogens is 312 g/mol. The Morgan fingerprint density at radius 2 is 2.22 bits per heavy atom. The summed E-state index contributed by atoms with van der Waals surface area (Å²) in [5.41, 5.74) is 6.94. The number of halogens is 2. The quantitative estimate of drug-likeness (QED) is 0.830. The van der Waals surface area contributed by atoms with Crippen molar-refractivity contribution in [3.8, 4) is 0 Å². The first kappa shape index (κ1) is 14.3. The number of nitrogens with two attached hydrogens (primary N) is 1. The largest absolute Gasteiger partial charge is 0.329 e. The van der Waals surface area contributed by atoms with Crippen molar-refractivity contribution >= 4 is 27.5 Å². The van der Waals surface area contributed by atoms with Gasteiger partial charge in [0.2, 0.25) is 0 Å². The molecule has 1 aliphatic rings. The summed E-state index contributed by atoms with van der Waals surface area (Å²) in [5, 5.41) is 4.29. The first-order chi connectivity index (χ1) is 8.70. The second-order valence-electron chi connectivity index (χ2n) is 4.99. The molecule has 1 atom stereocenters. The molecule has 0 aromatic heterocycles. The normalized spacial score (nSPS) is 17.5. The molecule has 1 fully saturated rings. The van der Waals surface area contributed by atoms with Crippen molar-refractivity contribution in [2.75, 3.05) is 13.1 Å². The van der Waals surface area contributed by atoms with Gasteiger partial charge in [-0.2, -0.15) is 0 Å². The second-order valence-corrected chi connectivity index (χ2v) is 6.32. The number of hydrogen-bond acceptors (Lipinski definition) is 2. The Labute approximate surface area is 122 Å². The fourth-order valence-corrected chi connectivity index (χ4v) is 3.15. The Kier molecular flexibility index (Phi) is 5.49. The molecule has 4 heteroatoms. The molecule has 18 heavy (non-hydrogen) atoms. The Hall–Kier alpha value is -0.0900. The van der Waals surface area contributed by atoms with E-state index in [1.54, 1.807) is 0 Å². The van der Waals surface area contributed by atoms with Crippen molar-refractivity contribution in [2.24, 2.45) is 11.7 Å². The van der Waals surface area contributed by atoms with Crippen molar-refractivity contribution < 1.29 is 0 Å². The zero-order valence-electron chi connectivity index (χ0n) is 10.5. The van der Waals surface area contributed by atoms with Crippen LogP contribution in [0.5, 0.6) is 0 Å². The summed E-state index contributed by atoms with van der Waals surface area (Å²) in [7, 11) is 0. The predicted octanol–water partition coefficient (Wildman–Crippen LogP) is 3.88. The van der Waals surface area contributed by atoms with Crippen molar-refractivity contribution in [2.45, 2.75) is 31.7 Å². The number of rotatable bonds is 6. The molecule has 1 aromatic carbocycles. The summed E-state index contributed by atoms with van der Waals surface area (Å²) in [6.45, 7) is 1.60. The topological polar surface area (TPSA) is 38.0 Å². The van der Waals surface area contributed by atoms with E-state index >= 15 is 0 Å². The molecule has 0 bridgehead atoms. The van der Waals surface area contributed by atoms with Crippen LogP contribution < -0.4 is 11.1 Å². The minimum Gasteiger partial charge on any atom is -0.329 e. The summed E-state index contributed by atoms with van der Waals surface area (Å²) in [5.74, 6) is 0.927. The molecule has 0 radical (unpaired) electrons. The highest BCUT2D eigenvalue weighted by molar-refractivity contribution is 9.10. The van der Waals surface area contributed by atoms with Crippen molar-refractivity contribution in [3.63, 3.8) is 0 Å². The van der Waals surface area contributed by atoms with Gasteiger partial charge in [0.05, 0.1) is 0 Å². The van der Waals surface area contributed by atoms with Crippen LogP contribution in [0.3, 0.4) is 0 Å². The fourth-order valence-electron chi connectivity index (χ4n) is 2.35. The van der Waals surface area contributed by atoms with Crippen LogP contribution in [-0.4, -0.2) is 13.1 Å². The van der Waals surface area contributed by atoms with Gasteiger partial charge in [-0.3, -0.25) is 0 Å². The van der Waals surface area contributed by atoms with Gasteiger partial charge in [0.1, 0.15) is 0 Å². The van der Waals surface area contributed by atoms with Crippen molar-refractivity contribution in [1.82, 2.24) is 5.32 Å². The molecule has 1 saturated carbocycles. The molecule has 0 heterocycles. The summed E-state index contributed by atoms with van der Waals surface area (Å²) < 4.78 is 1.00. The number of hydrogen-bond donors (Lipinski definition) is 2. The lowest BCUT2D eigenvalue weighted by atomic mass is 9.83.